The second kappa shape index (κ2) is 3.87. The van der Waals surface area contributed by atoms with Crippen molar-refractivity contribution in [2.24, 2.45) is 11.7 Å². The van der Waals surface area contributed by atoms with Gasteiger partial charge in [-0.05, 0) is 42.9 Å². The summed E-state index contributed by atoms with van der Waals surface area (Å²) in [5.74, 6) is 0.312. The molecule has 1 aliphatic rings. The molecule has 1 aromatic carbocycles. The Bertz CT molecular complexity index is 334. The summed E-state index contributed by atoms with van der Waals surface area (Å²) in [4.78, 5) is 0. The summed E-state index contributed by atoms with van der Waals surface area (Å²) in [5.41, 5.74) is 6.80. The first-order valence-corrected chi connectivity index (χ1v) is 5.22. The van der Waals surface area contributed by atoms with E-state index in [1.165, 1.54) is 6.07 Å². The van der Waals surface area contributed by atoms with Gasteiger partial charge >= 0.3 is 0 Å². The van der Waals surface area contributed by atoms with Gasteiger partial charge in [0.25, 0.3) is 0 Å². The van der Waals surface area contributed by atoms with Gasteiger partial charge in [-0.25, -0.2) is 4.39 Å². The summed E-state index contributed by atoms with van der Waals surface area (Å²) in [6, 6.07) is 5.30. The number of hydrogen-bond acceptors (Lipinski definition) is 1. The van der Waals surface area contributed by atoms with Crippen LogP contribution in [0.3, 0.4) is 0 Å². The lowest BCUT2D eigenvalue weighted by Gasteiger charge is -2.32. The van der Waals surface area contributed by atoms with Crippen LogP contribution in [-0.2, 0) is 6.42 Å². The number of benzene rings is 1. The molecule has 14 heavy (non-hydrogen) atoms. The fourth-order valence-electron chi connectivity index (χ4n) is 1.95. The Hall–Kier alpha value is -0.600. The van der Waals surface area contributed by atoms with Crippen molar-refractivity contribution in [3.63, 3.8) is 0 Å². The van der Waals surface area contributed by atoms with Gasteiger partial charge in [-0.15, -0.1) is 0 Å². The molecule has 1 aliphatic carbocycles. The van der Waals surface area contributed by atoms with E-state index in [-0.39, 0.29) is 10.8 Å². The summed E-state index contributed by atoms with van der Waals surface area (Å²) < 4.78 is 12.8. The molecule has 0 aliphatic heterocycles. The lowest BCUT2D eigenvalue weighted by Crippen LogP contribution is -2.37. The summed E-state index contributed by atoms with van der Waals surface area (Å²) >= 11 is 5.69. The molecule has 76 valence electrons. The molecule has 0 aromatic heterocycles. The minimum absolute atomic E-state index is 0.214. The van der Waals surface area contributed by atoms with Gasteiger partial charge in [0.1, 0.15) is 5.82 Å². The van der Waals surface area contributed by atoms with E-state index in [1.54, 1.807) is 12.1 Å². The molecule has 0 atom stereocenters. The fraction of sp³-hybridized carbons (Fsp3) is 0.455. The number of nitrogens with two attached hydrogens (primary N) is 1. The van der Waals surface area contributed by atoms with Gasteiger partial charge in [0.15, 0.2) is 0 Å². The van der Waals surface area contributed by atoms with Crippen LogP contribution in [0.25, 0.3) is 0 Å². The predicted molar refractivity (Wildman–Crippen MR) is 55.8 cm³/mol. The van der Waals surface area contributed by atoms with Crippen LogP contribution in [0, 0.1) is 11.7 Å². The Morgan fingerprint density at radius 3 is 2.71 bits per heavy atom. The van der Waals surface area contributed by atoms with Crippen molar-refractivity contribution in [1.29, 1.82) is 0 Å². The molecule has 0 heterocycles. The monoisotopic (exact) mass is 213 g/mol. The van der Waals surface area contributed by atoms with Gasteiger partial charge in [0, 0.05) is 6.04 Å². The molecule has 1 fully saturated rings. The van der Waals surface area contributed by atoms with E-state index < -0.39 is 0 Å². The molecule has 1 saturated carbocycles. The van der Waals surface area contributed by atoms with E-state index in [4.69, 9.17) is 17.3 Å². The lowest BCUT2D eigenvalue weighted by molar-refractivity contribution is 0.264. The van der Waals surface area contributed by atoms with Crippen molar-refractivity contribution in [3.05, 3.63) is 34.6 Å². The minimum Gasteiger partial charge on any atom is -0.328 e. The molecule has 2 N–H and O–H groups in total. The maximum absolute atomic E-state index is 12.8. The quantitative estimate of drug-likeness (QED) is 0.803. The van der Waals surface area contributed by atoms with E-state index in [9.17, 15) is 4.39 Å². The third-order valence-electron chi connectivity index (χ3n) is 2.78. The average molecular weight is 214 g/mol. The second-order valence-electron chi connectivity index (χ2n) is 4.05. The zero-order valence-electron chi connectivity index (χ0n) is 7.84. The third kappa shape index (κ3) is 2.07. The van der Waals surface area contributed by atoms with Crippen molar-refractivity contribution >= 4 is 11.6 Å². The summed E-state index contributed by atoms with van der Waals surface area (Å²) in [7, 11) is 0. The molecule has 2 rings (SSSR count). The van der Waals surface area contributed by atoms with Gasteiger partial charge in [-0.3, -0.25) is 0 Å². The summed E-state index contributed by atoms with van der Waals surface area (Å²) in [5, 5.41) is 0.214. The van der Waals surface area contributed by atoms with Crippen LogP contribution in [0.15, 0.2) is 18.2 Å². The van der Waals surface area contributed by atoms with Gasteiger partial charge in [-0.2, -0.15) is 0 Å². The van der Waals surface area contributed by atoms with Crippen LogP contribution in [0.5, 0.6) is 0 Å². The minimum atomic E-state index is -0.347. The molecule has 0 amide bonds. The Morgan fingerprint density at radius 2 is 2.14 bits per heavy atom. The summed E-state index contributed by atoms with van der Waals surface area (Å²) in [6.45, 7) is 0. The molecule has 1 nitrogen and oxygen atoms in total. The molecule has 0 saturated heterocycles. The van der Waals surface area contributed by atoms with Gasteiger partial charge in [0.2, 0.25) is 0 Å². The normalized spacial score (nSPS) is 25.9. The topological polar surface area (TPSA) is 26.0 Å². The maximum atomic E-state index is 12.8. The molecular weight excluding hydrogens is 201 g/mol. The molecule has 3 heteroatoms. The second-order valence-corrected chi connectivity index (χ2v) is 4.46. The maximum Gasteiger partial charge on any atom is 0.141 e. The highest BCUT2D eigenvalue weighted by Gasteiger charge is 2.25. The zero-order valence-corrected chi connectivity index (χ0v) is 8.60. The van der Waals surface area contributed by atoms with E-state index in [0.717, 1.165) is 24.8 Å². The first-order valence-electron chi connectivity index (χ1n) is 4.84. The molecule has 0 spiro atoms. The van der Waals surface area contributed by atoms with Crippen LogP contribution in [0.1, 0.15) is 18.4 Å². The Labute approximate surface area is 88.1 Å². The standard InChI is InChI=1S/C11H13ClFN/c12-10-6-7(1-2-11(10)13)3-8-4-9(14)5-8/h1-2,6,8-9H,3-5,14H2. The van der Waals surface area contributed by atoms with Crippen molar-refractivity contribution in [2.45, 2.75) is 25.3 Å². The van der Waals surface area contributed by atoms with Gasteiger partial charge in [-0.1, -0.05) is 17.7 Å². The van der Waals surface area contributed by atoms with Crippen molar-refractivity contribution in [1.82, 2.24) is 0 Å². The highest BCUT2D eigenvalue weighted by molar-refractivity contribution is 6.30. The summed E-state index contributed by atoms with van der Waals surface area (Å²) in [6.07, 6.45) is 3.12. The number of rotatable bonds is 2. The first kappa shape index (κ1) is 9.94. The molecule has 0 radical (unpaired) electrons. The Balaban J connectivity index is 2.00. The van der Waals surface area contributed by atoms with E-state index in [1.807, 2.05) is 0 Å². The van der Waals surface area contributed by atoms with Crippen molar-refractivity contribution < 1.29 is 4.39 Å². The van der Waals surface area contributed by atoms with Crippen LogP contribution in [0.2, 0.25) is 5.02 Å². The van der Waals surface area contributed by atoms with E-state index in [0.29, 0.717) is 12.0 Å². The van der Waals surface area contributed by atoms with Crippen LogP contribution in [-0.4, -0.2) is 6.04 Å². The first-order chi connectivity index (χ1) is 6.65. The van der Waals surface area contributed by atoms with E-state index >= 15 is 0 Å². The Kier molecular flexibility index (Phi) is 2.75. The van der Waals surface area contributed by atoms with Gasteiger partial charge in [0.05, 0.1) is 5.02 Å². The fourth-order valence-corrected chi connectivity index (χ4v) is 2.16. The number of halogens is 2. The molecule has 1 aromatic rings. The molecular formula is C11H13ClFN. The van der Waals surface area contributed by atoms with Crippen LogP contribution < -0.4 is 5.73 Å². The average Bonchev–Trinajstić information content (AvgIpc) is 2.09. The van der Waals surface area contributed by atoms with Crippen molar-refractivity contribution in [3.8, 4) is 0 Å². The zero-order chi connectivity index (χ0) is 10.1. The SMILES string of the molecule is NC1CC(Cc2ccc(F)c(Cl)c2)C1. The predicted octanol–water partition coefficient (Wildman–Crippen LogP) is 2.76. The number of hydrogen-bond donors (Lipinski definition) is 1. The van der Waals surface area contributed by atoms with Crippen LogP contribution in [0.4, 0.5) is 4.39 Å². The lowest BCUT2D eigenvalue weighted by atomic mass is 9.77. The smallest absolute Gasteiger partial charge is 0.141 e. The van der Waals surface area contributed by atoms with Gasteiger partial charge < -0.3 is 5.73 Å². The van der Waals surface area contributed by atoms with Crippen LogP contribution >= 0.6 is 11.6 Å². The Morgan fingerprint density at radius 1 is 1.43 bits per heavy atom. The molecule has 0 unspecified atom stereocenters. The third-order valence-corrected chi connectivity index (χ3v) is 3.07. The van der Waals surface area contributed by atoms with E-state index in [2.05, 4.69) is 0 Å². The highest BCUT2D eigenvalue weighted by Crippen LogP contribution is 2.30. The van der Waals surface area contributed by atoms with Crippen molar-refractivity contribution in [2.75, 3.05) is 0 Å². The largest absolute Gasteiger partial charge is 0.328 e. The highest BCUT2D eigenvalue weighted by atomic mass is 35.5. The molecule has 0 bridgehead atoms.